The van der Waals surface area contributed by atoms with Crippen LogP contribution in [0.15, 0.2) is 24.3 Å². The van der Waals surface area contributed by atoms with E-state index in [1.54, 1.807) is 24.3 Å². The lowest BCUT2D eigenvalue weighted by Crippen LogP contribution is -2.36. The Balaban J connectivity index is 1.94. The molecule has 4 nitrogen and oxygen atoms in total. The molecule has 0 radical (unpaired) electrons. The molecule has 19 heavy (non-hydrogen) atoms. The Hall–Kier alpha value is -1.55. The van der Waals surface area contributed by atoms with E-state index in [1.807, 2.05) is 0 Å². The summed E-state index contributed by atoms with van der Waals surface area (Å²) in [6.07, 6.45) is 6.18. The fourth-order valence-electron chi connectivity index (χ4n) is 2.85. The smallest absolute Gasteiger partial charge is 0.224 e. The molecule has 0 atom stereocenters. The van der Waals surface area contributed by atoms with Gasteiger partial charge in [0.15, 0.2) is 0 Å². The zero-order chi connectivity index (χ0) is 13.7. The van der Waals surface area contributed by atoms with Crippen LogP contribution in [0.3, 0.4) is 0 Å². The van der Waals surface area contributed by atoms with Gasteiger partial charge in [-0.05, 0) is 49.1 Å². The van der Waals surface area contributed by atoms with Crippen molar-refractivity contribution < 1.29 is 9.90 Å². The van der Waals surface area contributed by atoms with Gasteiger partial charge < -0.3 is 16.2 Å². The number of nitrogens with one attached hydrogen (secondary N) is 1. The summed E-state index contributed by atoms with van der Waals surface area (Å²) >= 11 is 0. The van der Waals surface area contributed by atoms with E-state index >= 15 is 0 Å². The number of phenols is 1. The number of carbonyl (C=O) groups excluding carboxylic acids is 1. The molecule has 1 aromatic carbocycles. The molecule has 0 bridgehead atoms. The summed E-state index contributed by atoms with van der Waals surface area (Å²) < 4.78 is 0. The van der Waals surface area contributed by atoms with E-state index in [2.05, 4.69) is 5.32 Å². The Morgan fingerprint density at radius 1 is 1.21 bits per heavy atom. The number of carbonyl (C=O) groups is 1. The van der Waals surface area contributed by atoms with Gasteiger partial charge in [0.2, 0.25) is 5.91 Å². The predicted octanol–water partition coefficient (Wildman–Crippen LogP) is 2.63. The van der Waals surface area contributed by atoms with Gasteiger partial charge >= 0.3 is 0 Å². The minimum Gasteiger partial charge on any atom is -0.508 e. The Kier molecular flexibility index (Phi) is 4.43. The molecule has 1 aromatic rings. The molecule has 1 fully saturated rings. The highest BCUT2D eigenvalue weighted by Crippen LogP contribution is 2.38. The van der Waals surface area contributed by atoms with Crippen LogP contribution in [0.1, 0.15) is 38.5 Å². The Morgan fingerprint density at radius 2 is 1.84 bits per heavy atom. The summed E-state index contributed by atoms with van der Waals surface area (Å²) in [6, 6.07) is 6.52. The molecule has 1 saturated carbocycles. The molecule has 1 aliphatic carbocycles. The maximum Gasteiger partial charge on any atom is 0.224 e. The van der Waals surface area contributed by atoms with Crippen molar-refractivity contribution in [1.82, 2.24) is 0 Å². The molecular formula is C15H22N2O2. The van der Waals surface area contributed by atoms with Crippen molar-refractivity contribution >= 4 is 11.6 Å². The average molecular weight is 262 g/mol. The quantitative estimate of drug-likeness (QED) is 0.730. The van der Waals surface area contributed by atoms with Crippen molar-refractivity contribution in [3.05, 3.63) is 24.3 Å². The molecule has 104 valence electrons. The number of benzene rings is 1. The van der Waals surface area contributed by atoms with Gasteiger partial charge in [-0.2, -0.15) is 0 Å². The first kappa shape index (κ1) is 13.9. The second-order valence-corrected chi connectivity index (χ2v) is 5.54. The first-order valence-corrected chi connectivity index (χ1v) is 6.93. The average Bonchev–Trinajstić information content (AvgIpc) is 2.42. The predicted molar refractivity (Wildman–Crippen MR) is 75.9 cm³/mol. The topological polar surface area (TPSA) is 75.4 Å². The number of hydrogen-bond donors (Lipinski definition) is 3. The summed E-state index contributed by atoms with van der Waals surface area (Å²) in [5.74, 6) is 0.210. The van der Waals surface area contributed by atoms with Gasteiger partial charge in [-0.3, -0.25) is 4.79 Å². The molecule has 0 unspecified atom stereocenters. The van der Waals surface area contributed by atoms with E-state index in [0.29, 0.717) is 18.7 Å². The van der Waals surface area contributed by atoms with Crippen molar-refractivity contribution in [2.45, 2.75) is 38.5 Å². The normalized spacial score (nSPS) is 17.9. The van der Waals surface area contributed by atoms with E-state index in [9.17, 15) is 9.90 Å². The molecule has 0 heterocycles. The van der Waals surface area contributed by atoms with Crippen LogP contribution in [0.2, 0.25) is 0 Å². The summed E-state index contributed by atoms with van der Waals surface area (Å²) in [5.41, 5.74) is 6.59. The Labute approximate surface area is 114 Å². The first-order chi connectivity index (χ1) is 9.13. The van der Waals surface area contributed by atoms with Crippen LogP contribution in [0.5, 0.6) is 5.75 Å². The van der Waals surface area contributed by atoms with Crippen LogP contribution >= 0.6 is 0 Å². The lowest BCUT2D eigenvalue weighted by atomic mass is 9.71. The minimum absolute atomic E-state index is 0.0121. The fourth-order valence-corrected chi connectivity index (χ4v) is 2.85. The van der Waals surface area contributed by atoms with Crippen LogP contribution in [0.25, 0.3) is 0 Å². The number of rotatable bonds is 4. The standard InChI is InChI=1S/C15H22N2O2/c16-11-15(8-2-1-3-9-15)10-14(19)17-12-4-6-13(18)7-5-12/h4-7,18H,1-3,8-11,16H2,(H,17,19). The highest BCUT2D eigenvalue weighted by atomic mass is 16.3. The lowest BCUT2D eigenvalue weighted by molar-refractivity contribution is -0.118. The summed E-state index contributed by atoms with van der Waals surface area (Å²) in [4.78, 5) is 12.1. The fraction of sp³-hybridized carbons (Fsp3) is 0.533. The monoisotopic (exact) mass is 262 g/mol. The van der Waals surface area contributed by atoms with Gasteiger partial charge in [0.25, 0.3) is 0 Å². The highest BCUT2D eigenvalue weighted by molar-refractivity contribution is 5.91. The van der Waals surface area contributed by atoms with Gasteiger partial charge in [-0.25, -0.2) is 0 Å². The maximum atomic E-state index is 12.1. The van der Waals surface area contributed by atoms with Crippen molar-refractivity contribution in [3.63, 3.8) is 0 Å². The van der Waals surface area contributed by atoms with E-state index in [4.69, 9.17) is 5.73 Å². The van der Waals surface area contributed by atoms with Crippen LogP contribution in [-0.2, 0) is 4.79 Å². The van der Waals surface area contributed by atoms with Crippen molar-refractivity contribution in [2.24, 2.45) is 11.1 Å². The second-order valence-electron chi connectivity index (χ2n) is 5.54. The molecule has 4 N–H and O–H groups in total. The van der Waals surface area contributed by atoms with Crippen LogP contribution in [0.4, 0.5) is 5.69 Å². The third-order valence-electron chi connectivity index (χ3n) is 4.03. The second kappa shape index (κ2) is 6.06. The van der Waals surface area contributed by atoms with E-state index in [1.165, 1.54) is 19.3 Å². The molecule has 0 spiro atoms. The van der Waals surface area contributed by atoms with Gasteiger partial charge in [0.1, 0.15) is 5.75 Å². The number of amides is 1. The first-order valence-electron chi connectivity index (χ1n) is 6.93. The van der Waals surface area contributed by atoms with Gasteiger partial charge in [0.05, 0.1) is 0 Å². The van der Waals surface area contributed by atoms with Crippen molar-refractivity contribution in [2.75, 3.05) is 11.9 Å². The largest absolute Gasteiger partial charge is 0.508 e. The molecule has 0 aliphatic heterocycles. The highest BCUT2D eigenvalue weighted by Gasteiger charge is 2.32. The SMILES string of the molecule is NCC1(CC(=O)Nc2ccc(O)cc2)CCCCC1. The van der Waals surface area contributed by atoms with E-state index in [-0.39, 0.29) is 17.1 Å². The molecular weight excluding hydrogens is 240 g/mol. The molecule has 1 aliphatic rings. The Bertz CT molecular complexity index is 422. The molecule has 4 heteroatoms. The Morgan fingerprint density at radius 3 is 2.42 bits per heavy atom. The van der Waals surface area contributed by atoms with Gasteiger partial charge in [-0.1, -0.05) is 19.3 Å². The molecule has 2 rings (SSSR count). The number of aromatic hydroxyl groups is 1. The van der Waals surface area contributed by atoms with Crippen molar-refractivity contribution in [3.8, 4) is 5.75 Å². The van der Waals surface area contributed by atoms with Crippen LogP contribution < -0.4 is 11.1 Å². The molecule has 0 aromatic heterocycles. The maximum absolute atomic E-state index is 12.1. The zero-order valence-electron chi connectivity index (χ0n) is 11.2. The molecule has 1 amide bonds. The lowest BCUT2D eigenvalue weighted by Gasteiger charge is -2.35. The third-order valence-corrected chi connectivity index (χ3v) is 4.03. The van der Waals surface area contributed by atoms with Crippen LogP contribution in [0, 0.1) is 5.41 Å². The van der Waals surface area contributed by atoms with E-state index in [0.717, 1.165) is 12.8 Å². The summed E-state index contributed by atoms with van der Waals surface area (Å²) in [6.45, 7) is 0.579. The minimum atomic E-state index is -0.0146. The van der Waals surface area contributed by atoms with Gasteiger partial charge in [-0.15, -0.1) is 0 Å². The van der Waals surface area contributed by atoms with Crippen LogP contribution in [-0.4, -0.2) is 17.6 Å². The van der Waals surface area contributed by atoms with E-state index < -0.39 is 0 Å². The summed E-state index contributed by atoms with van der Waals surface area (Å²) in [5, 5.41) is 12.1. The number of phenolic OH excluding ortho intramolecular Hbond substituents is 1. The number of hydrogen-bond acceptors (Lipinski definition) is 3. The van der Waals surface area contributed by atoms with Crippen molar-refractivity contribution in [1.29, 1.82) is 0 Å². The third kappa shape index (κ3) is 3.70. The molecule has 0 saturated heterocycles. The van der Waals surface area contributed by atoms with Gasteiger partial charge in [0, 0.05) is 12.1 Å². The number of nitrogens with two attached hydrogens (primary N) is 1. The zero-order valence-corrected chi connectivity index (χ0v) is 11.2. The summed E-state index contributed by atoms with van der Waals surface area (Å²) in [7, 11) is 0. The number of anilines is 1.